The molecule has 6 heteroatoms. The third-order valence-electron chi connectivity index (χ3n) is 7.33. The Morgan fingerprint density at radius 3 is 2.31 bits per heavy atom. The van der Waals surface area contributed by atoms with E-state index in [9.17, 15) is 13.2 Å². The van der Waals surface area contributed by atoms with Gasteiger partial charge in [-0.25, -0.2) is 8.42 Å². The van der Waals surface area contributed by atoms with Crippen molar-refractivity contribution >= 4 is 21.6 Å². The molecule has 5 rings (SSSR count). The van der Waals surface area contributed by atoms with E-state index in [0.29, 0.717) is 28.5 Å². The predicted molar refractivity (Wildman–Crippen MR) is 139 cm³/mol. The Balaban J connectivity index is 1.29. The van der Waals surface area contributed by atoms with Crippen LogP contribution in [0.25, 0.3) is 0 Å². The molecule has 0 unspecified atom stereocenters. The maximum Gasteiger partial charge on any atom is 0.264 e. The molecular formula is C29H32N2O3S. The lowest BCUT2D eigenvalue weighted by molar-refractivity contribution is 0.0690. The summed E-state index contributed by atoms with van der Waals surface area (Å²) < 4.78 is 28.3. The second-order valence-corrected chi connectivity index (χ2v) is 11.8. The van der Waals surface area contributed by atoms with E-state index in [2.05, 4.69) is 24.3 Å². The van der Waals surface area contributed by atoms with Gasteiger partial charge in [-0.15, -0.1) is 0 Å². The topological polar surface area (TPSA) is 57.7 Å². The zero-order valence-electron chi connectivity index (χ0n) is 20.4. The molecule has 5 nitrogen and oxygen atoms in total. The van der Waals surface area contributed by atoms with Gasteiger partial charge >= 0.3 is 0 Å². The van der Waals surface area contributed by atoms with E-state index in [1.54, 1.807) is 24.3 Å². The highest BCUT2D eigenvalue weighted by molar-refractivity contribution is 7.92. The maximum absolute atomic E-state index is 13.4. The number of carbonyl (C=O) groups excluding carboxylic acids is 1. The van der Waals surface area contributed by atoms with Gasteiger partial charge in [-0.3, -0.25) is 9.10 Å². The van der Waals surface area contributed by atoms with Crippen molar-refractivity contribution in [2.75, 3.05) is 17.4 Å². The molecule has 1 amide bonds. The molecule has 1 atom stereocenters. The van der Waals surface area contributed by atoms with Crippen LogP contribution < -0.4 is 4.31 Å². The molecule has 182 valence electrons. The quantitative estimate of drug-likeness (QED) is 0.494. The summed E-state index contributed by atoms with van der Waals surface area (Å²) in [5.41, 5.74) is 4.61. The fourth-order valence-corrected chi connectivity index (χ4v) is 7.09. The lowest BCUT2D eigenvalue weighted by Crippen LogP contribution is -2.39. The smallest absolute Gasteiger partial charge is 0.264 e. The molecule has 0 saturated carbocycles. The fraction of sp³-hybridized carbons (Fsp3) is 0.345. The average molecular weight is 489 g/mol. The lowest BCUT2D eigenvalue weighted by atomic mass is 9.90. The van der Waals surface area contributed by atoms with Crippen molar-refractivity contribution in [1.82, 2.24) is 4.90 Å². The van der Waals surface area contributed by atoms with E-state index in [-0.39, 0.29) is 11.9 Å². The van der Waals surface area contributed by atoms with Gasteiger partial charge in [0, 0.05) is 24.7 Å². The first-order valence-electron chi connectivity index (χ1n) is 12.4. The fourth-order valence-electron chi connectivity index (χ4n) is 5.40. The van der Waals surface area contributed by atoms with Gasteiger partial charge < -0.3 is 4.90 Å². The molecule has 0 N–H and O–H groups in total. The van der Waals surface area contributed by atoms with Crippen LogP contribution in [0.1, 0.15) is 46.8 Å². The molecule has 0 aliphatic carbocycles. The van der Waals surface area contributed by atoms with Gasteiger partial charge in [0.1, 0.15) is 0 Å². The highest BCUT2D eigenvalue weighted by Crippen LogP contribution is 2.37. The summed E-state index contributed by atoms with van der Waals surface area (Å²) in [5.74, 6) is 0.640. The van der Waals surface area contributed by atoms with Gasteiger partial charge in [0.15, 0.2) is 0 Å². The van der Waals surface area contributed by atoms with Gasteiger partial charge in [0.05, 0.1) is 10.6 Å². The number of benzene rings is 3. The minimum Gasteiger partial charge on any atom is -0.339 e. The van der Waals surface area contributed by atoms with Crippen LogP contribution in [-0.4, -0.2) is 38.4 Å². The minimum absolute atomic E-state index is 0.0402. The van der Waals surface area contributed by atoms with E-state index >= 15 is 0 Å². The predicted octanol–water partition coefficient (Wildman–Crippen LogP) is 5.23. The first-order valence-corrected chi connectivity index (χ1v) is 13.8. The van der Waals surface area contributed by atoms with Crippen LogP contribution in [0.4, 0.5) is 5.69 Å². The van der Waals surface area contributed by atoms with Crippen LogP contribution in [0.15, 0.2) is 77.7 Å². The summed E-state index contributed by atoms with van der Waals surface area (Å²) in [7, 11) is -3.67. The van der Waals surface area contributed by atoms with Gasteiger partial charge in [-0.2, -0.15) is 0 Å². The van der Waals surface area contributed by atoms with Crippen molar-refractivity contribution in [1.29, 1.82) is 0 Å². The third-order valence-corrected chi connectivity index (χ3v) is 9.27. The number of rotatable bonds is 5. The minimum atomic E-state index is -3.67. The Bertz CT molecular complexity index is 1310. The summed E-state index contributed by atoms with van der Waals surface area (Å²) in [6.45, 7) is 5.38. The van der Waals surface area contributed by atoms with Gasteiger partial charge in [-0.1, -0.05) is 48.0 Å². The summed E-state index contributed by atoms with van der Waals surface area (Å²) in [5, 5.41) is 0. The van der Waals surface area contributed by atoms with Crippen LogP contribution in [0, 0.1) is 12.8 Å². The number of piperidine rings is 1. The van der Waals surface area contributed by atoms with E-state index in [1.165, 1.54) is 9.87 Å². The number of aryl methyl sites for hydroxylation is 1. The molecule has 0 radical (unpaired) electrons. The zero-order chi connectivity index (χ0) is 24.6. The summed E-state index contributed by atoms with van der Waals surface area (Å²) in [6, 6.07) is 22.8. The number of hydrogen-bond acceptors (Lipinski definition) is 3. The highest BCUT2D eigenvalue weighted by Gasteiger charge is 2.36. The van der Waals surface area contributed by atoms with Crippen LogP contribution in [0.2, 0.25) is 0 Å². The number of amides is 1. The van der Waals surface area contributed by atoms with E-state index in [1.807, 2.05) is 43.0 Å². The molecule has 3 aromatic rings. The van der Waals surface area contributed by atoms with Crippen molar-refractivity contribution in [3.05, 3.63) is 95.1 Å². The molecule has 1 fully saturated rings. The first-order chi connectivity index (χ1) is 16.8. The normalized spacial score (nSPS) is 18.5. The molecule has 35 heavy (non-hydrogen) atoms. The Morgan fingerprint density at radius 1 is 0.943 bits per heavy atom. The Hall–Kier alpha value is -3.12. The zero-order valence-corrected chi connectivity index (χ0v) is 21.2. The average Bonchev–Trinajstić information content (AvgIpc) is 3.20. The summed E-state index contributed by atoms with van der Waals surface area (Å²) in [6.07, 6.45) is 3.67. The second kappa shape index (κ2) is 9.50. The Kier molecular flexibility index (Phi) is 6.41. The van der Waals surface area contributed by atoms with Crippen LogP contribution in [0.3, 0.4) is 0 Å². The first kappa shape index (κ1) is 23.6. The molecule has 1 saturated heterocycles. The van der Waals surface area contributed by atoms with Crippen LogP contribution >= 0.6 is 0 Å². The van der Waals surface area contributed by atoms with E-state index < -0.39 is 10.0 Å². The Labute approximate surface area is 208 Å². The maximum atomic E-state index is 13.4. The standard InChI is InChI=1S/C29H32N2O3S/c1-21-8-11-27(12-9-21)35(33,34)31-22(2)18-26-20-25(10-13-28(26)31)29(32)30-16-14-24(15-17-30)19-23-6-4-3-5-7-23/h3-13,20,22,24H,14-19H2,1-2H3/t22-/m0/s1. The van der Waals surface area contributed by atoms with Crippen LogP contribution in [0.5, 0.6) is 0 Å². The molecule has 2 aliphatic rings. The second-order valence-electron chi connectivity index (χ2n) is 9.94. The molecular weight excluding hydrogens is 456 g/mol. The SMILES string of the molecule is Cc1ccc(S(=O)(=O)N2c3ccc(C(=O)N4CCC(Cc5ccccc5)CC4)cc3C[C@@H]2C)cc1. The van der Waals surface area contributed by atoms with Crippen LogP contribution in [-0.2, 0) is 22.9 Å². The van der Waals surface area contributed by atoms with E-state index in [4.69, 9.17) is 0 Å². The number of carbonyl (C=O) groups is 1. The largest absolute Gasteiger partial charge is 0.339 e. The monoisotopic (exact) mass is 488 g/mol. The molecule has 3 aromatic carbocycles. The van der Waals surface area contributed by atoms with Crippen molar-refractivity contribution in [2.45, 2.75) is 50.5 Å². The third kappa shape index (κ3) is 4.72. The molecule has 2 heterocycles. The number of sulfonamides is 1. The Morgan fingerprint density at radius 2 is 1.63 bits per heavy atom. The lowest BCUT2D eigenvalue weighted by Gasteiger charge is -2.32. The number of anilines is 1. The summed E-state index contributed by atoms with van der Waals surface area (Å²) >= 11 is 0. The molecule has 0 bridgehead atoms. The molecule has 0 spiro atoms. The van der Waals surface area contributed by atoms with Crippen molar-refractivity contribution in [2.24, 2.45) is 5.92 Å². The van der Waals surface area contributed by atoms with Crippen molar-refractivity contribution in [3.8, 4) is 0 Å². The summed E-state index contributed by atoms with van der Waals surface area (Å²) in [4.78, 5) is 15.5. The van der Waals surface area contributed by atoms with E-state index in [0.717, 1.165) is 43.5 Å². The number of fused-ring (bicyclic) bond motifs is 1. The van der Waals surface area contributed by atoms with Gasteiger partial charge in [-0.05, 0) is 86.9 Å². The number of nitrogens with zero attached hydrogens (tertiary/aromatic N) is 2. The van der Waals surface area contributed by atoms with Crippen molar-refractivity contribution < 1.29 is 13.2 Å². The molecule has 0 aromatic heterocycles. The highest BCUT2D eigenvalue weighted by atomic mass is 32.2. The van der Waals surface area contributed by atoms with Gasteiger partial charge in [0.25, 0.3) is 15.9 Å². The van der Waals surface area contributed by atoms with Crippen molar-refractivity contribution in [3.63, 3.8) is 0 Å². The number of hydrogen-bond donors (Lipinski definition) is 0. The number of likely N-dealkylation sites (tertiary alicyclic amines) is 1. The molecule has 2 aliphatic heterocycles. The van der Waals surface area contributed by atoms with Gasteiger partial charge in [0.2, 0.25) is 0 Å².